The summed E-state index contributed by atoms with van der Waals surface area (Å²) in [5, 5.41) is 14.6. The monoisotopic (exact) mass is 359 g/mol. The molecule has 2 atom stereocenters. The lowest BCUT2D eigenvalue weighted by Gasteiger charge is -2.42. The number of carbonyl (C=O) groups is 1. The van der Waals surface area contributed by atoms with Crippen molar-refractivity contribution in [2.75, 3.05) is 32.8 Å². The smallest absolute Gasteiger partial charge is 0.276 e. The third kappa shape index (κ3) is 3.49. The molecule has 0 saturated carbocycles. The van der Waals surface area contributed by atoms with Crippen molar-refractivity contribution < 1.29 is 9.53 Å². The van der Waals surface area contributed by atoms with E-state index in [1.54, 1.807) is 4.68 Å². The fraction of sp³-hybridized carbons (Fsp3) is 0.647. The first-order chi connectivity index (χ1) is 12.7. The van der Waals surface area contributed by atoms with Crippen molar-refractivity contribution in [2.24, 2.45) is 7.05 Å². The number of likely N-dealkylation sites (tertiary alicyclic amines) is 1. The van der Waals surface area contributed by atoms with Crippen LogP contribution in [-0.4, -0.2) is 79.8 Å². The van der Waals surface area contributed by atoms with Crippen LogP contribution in [0.25, 0.3) is 0 Å². The van der Waals surface area contributed by atoms with Crippen molar-refractivity contribution in [3.05, 3.63) is 29.8 Å². The van der Waals surface area contributed by atoms with Gasteiger partial charge < -0.3 is 14.5 Å². The SMILES string of the molecule is Cn1cc([C@H]2[C@H](CN3CCCCC3)OCCN2C(=O)c2cn[nH]n2)cn1. The molecule has 9 heteroatoms. The van der Waals surface area contributed by atoms with E-state index in [0.29, 0.717) is 18.8 Å². The Balaban J connectivity index is 1.60. The highest BCUT2D eigenvalue weighted by atomic mass is 16.5. The first-order valence-electron chi connectivity index (χ1n) is 9.21. The predicted octanol–water partition coefficient (Wildman–Crippen LogP) is 0.606. The van der Waals surface area contributed by atoms with Gasteiger partial charge in [-0.3, -0.25) is 9.48 Å². The predicted molar refractivity (Wildman–Crippen MR) is 93.4 cm³/mol. The molecule has 140 valence electrons. The first-order valence-corrected chi connectivity index (χ1v) is 9.21. The summed E-state index contributed by atoms with van der Waals surface area (Å²) in [5.41, 5.74) is 1.32. The van der Waals surface area contributed by atoms with Crippen molar-refractivity contribution in [1.82, 2.24) is 35.0 Å². The van der Waals surface area contributed by atoms with Gasteiger partial charge >= 0.3 is 0 Å². The zero-order valence-electron chi connectivity index (χ0n) is 15.0. The first kappa shape index (κ1) is 17.2. The molecule has 0 aromatic carbocycles. The second-order valence-corrected chi connectivity index (χ2v) is 7.02. The van der Waals surface area contributed by atoms with Crippen molar-refractivity contribution in [2.45, 2.75) is 31.4 Å². The Morgan fingerprint density at radius 1 is 1.27 bits per heavy atom. The van der Waals surface area contributed by atoms with Crippen LogP contribution < -0.4 is 0 Å². The lowest BCUT2D eigenvalue weighted by molar-refractivity contribution is -0.0743. The summed E-state index contributed by atoms with van der Waals surface area (Å²) in [4.78, 5) is 17.3. The molecule has 2 aliphatic rings. The number of hydrogen-bond donors (Lipinski definition) is 1. The van der Waals surface area contributed by atoms with Gasteiger partial charge in [0.25, 0.3) is 5.91 Å². The number of ether oxygens (including phenoxy) is 1. The van der Waals surface area contributed by atoms with Crippen LogP contribution in [0, 0.1) is 0 Å². The second kappa shape index (κ2) is 7.55. The van der Waals surface area contributed by atoms with Gasteiger partial charge in [-0.05, 0) is 25.9 Å². The highest BCUT2D eigenvalue weighted by Gasteiger charge is 2.39. The molecule has 0 unspecified atom stereocenters. The number of nitrogens with one attached hydrogen (secondary N) is 1. The topological polar surface area (TPSA) is 92.2 Å². The molecule has 2 aromatic heterocycles. The van der Waals surface area contributed by atoms with E-state index in [0.717, 1.165) is 25.2 Å². The van der Waals surface area contributed by atoms with Crippen LogP contribution in [0.1, 0.15) is 41.4 Å². The molecule has 0 bridgehead atoms. The summed E-state index contributed by atoms with van der Waals surface area (Å²) in [6.07, 6.45) is 8.93. The number of nitrogens with zero attached hydrogens (tertiary/aromatic N) is 6. The van der Waals surface area contributed by atoms with E-state index in [9.17, 15) is 4.79 Å². The normalized spacial score (nSPS) is 24.7. The molecule has 2 saturated heterocycles. The zero-order valence-corrected chi connectivity index (χ0v) is 15.0. The molecule has 26 heavy (non-hydrogen) atoms. The van der Waals surface area contributed by atoms with Crippen LogP contribution in [0.4, 0.5) is 0 Å². The average molecular weight is 359 g/mol. The summed E-state index contributed by atoms with van der Waals surface area (Å²) >= 11 is 0. The Morgan fingerprint density at radius 3 is 2.81 bits per heavy atom. The molecule has 4 heterocycles. The van der Waals surface area contributed by atoms with Crippen LogP contribution in [0.15, 0.2) is 18.6 Å². The number of H-pyrrole nitrogens is 1. The number of aromatic nitrogens is 5. The number of hydrogen-bond acceptors (Lipinski definition) is 6. The van der Waals surface area contributed by atoms with Crippen molar-refractivity contribution in [3.8, 4) is 0 Å². The molecule has 2 fully saturated rings. The fourth-order valence-electron chi connectivity index (χ4n) is 3.95. The van der Waals surface area contributed by atoms with Crippen LogP contribution in [-0.2, 0) is 11.8 Å². The number of rotatable bonds is 4. The quantitative estimate of drug-likeness (QED) is 0.860. The molecular weight excluding hydrogens is 334 g/mol. The van der Waals surface area contributed by atoms with Gasteiger partial charge in [0, 0.05) is 31.9 Å². The average Bonchev–Trinajstić information content (AvgIpc) is 3.34. The van der Waals surface area contributed by atoms with E-state index in [4.69, 9.17) is 4.74 Å². The molecule has 0 radical (unpaired) electrons. The Labute approximate surface area is 152 Å². The lowest BCUT2D eigenvalue weighted by atomic mass is 9.99. The second-order valence-electron chi connectivity index (χ2n) is 7.02. The van der Waals surface area contributed by atoms with E-state index < -0.39 is 0 Å². The van der Waals surface area contributed by atoms with Gasteiger partial charge in [-0.15, -0.1) is 0 Å². The van der Waals surface area contributed by atoms with Crippen molar-refractivity contribution in [3.63, 3.8) is 0 Å². The summed E-state index contributed by atoms with van der Waals surface area (Å²) in [6, 6.07) is -0.177. The highest BCUT2D eigenvalue weighted by molar-refractivity contribution is 5.92. The summed E-state index contributed by atoms with van der Waals surface area (Å²) in [5.74, 6) is -0.125. The standard InChI is InChI=1S/C17H25N7O2/c1-22-11-13(9-19-22)16-15(12-23-5-3-2-4-6-23)26-8-7-24(16)17(25)14-10-18-21-20-14/h9-11,15-16H,2-8,12H2,1H3,(H,18,20,21)/t15-,16-/m0/s1. The molecule has 2 aliphatic heterocycles. The minimum absolute atomic E-state index is 0.0816. The Kier molecular flexibility index (Phi) is 4.98. The van der Waals surface area contributed by atoms with Crippen molar-refractivity contribution >= 4 is 5.91 Å². The van der Waals surface area contributed by atoms with Crippen LogP contribution >= 0.6 is 0 Å². The van der Waals surface area contributed by atoms with E-state index in [1.165, 1.54) is 25.5 Å². The fourth-order valence-corrected chi connectivity index (χ4v) is 3.95. The van der Waals surface area contributed by atoms with Gasteiger partial charge in [0.2, 0.25) is 0 Å². The van der Waals surface area contributed by atoms with E-state index in [2.05, 4.69) is 25.4 Å². The number of piperidine rings is 1. The van der Waals surface area contributed by atoms with Gasteiger partial charge in [0.15, 0.2) is 5.69 Å². The Morgan fingerprint density at radius 2 is 2.12 bits per heavy atom. The number of carbonyl (C=O) groups excluding carboxylic acids is 1. The maximum atomic E-state index is 13.0. The number of amides is 1. The largest absolute Gasteiger partial charge is 0.373 e. The molecule has 9 nitrogen and oxygen atoms in total. The number of aryl methyl sites for hydroxylation is 1. The van der Waals surface area contributed by atoms with Crippen LogP contribution in [0.3, 0.4) is 0 Å². The Hall–Kier alpha value is -2.26. The third-order valence-electron chi connectivity index (χ3n) is 5.20. The van der Waals surface area contributed by atoms with E-state index in [-0.39, 0.29) is 18.1 Å². The minimum Gasteiger partial charge on any atom is -0.373 e. The number of aromatic amines is 1. The molecule has 0 spiro atoms. The van der Waals surface area contributed by atoms with E-state index >= 15 is 0 Å². The maximum Gasteiger partial charge on any atom is 0.276 e. The molecule has 0 aliphatic carbocycles. The Bertz CT molecular complexity index is 723. The van der Waals surface area contributed by atoms with Gasteiger partial charge in [0.05, 0.1) is 31.1 Å². The summed E-state index contributed by atoms with van der Waals surface area (Å²) < 4.78 is 7.90. The van der Waals surface area contributed by atoms with Crippen LogP contribution in [0.2, 0.25) is 0 Å². The van der Waals surface area contributed by atoms with Gasteiger partial charge in [-0.1, -0.05) is 6.42 Å². The third-order valence-corrected chi connectivity index (χ3v) is 5.20. The maximum absolute atomic E-state index is 13.0. The summed E-state index contributed by atoms with van der Waals surface area (Å²) in [7, 11) is 1.89. The summed E-state index contributed by atoms with van der Waals surface area (Å²) in [6.45, 7) is 4.07. The molecule has 2 aromatic rings. The highest BCUT2D eigenvalue weighted by Crippen LogP contribution is 2.31. The van der Waals surface area contributed by atoms with Crippen molar-refractivity contribution in [1.29, 1.82) is 0 Å². The van der Waals surface area contributed by atoms with Crippen LogP contribution in [0.5, 0.6) is 0 Å². The van der Waals surface area contributed by atoms with Gasteiger partial charge in [-0.25, -0.2) is 0 Å². The lowest BCUT2D eigenvalue weighted by Crippen LogP contribution is -2.52. The minimum atomic E-state index is -0.177. The van der Waals surface area contributed by atoms with E-state index in [1.807, 2.05) is 24.3 Å². The molecule has 4 rings (SSSR count). The molecule has 1 N–H and O–H groups in total. The van der Waals surface area contributed by atoms with Gasteiger partial charge in [-0.2, -0.15) is 20.5 Å². The molecule has 1 amide bonds. The zero-order chi connectivity index (χ0) is 17.9. The number of morpholine rings is 1. The van der Waals surface area contributed by atoms with Gasteiger partial charge in [0.1, 0.15) is 0 Å². The molecular formula is C17H25N7O2.